The van der Waals surface area contributed by atoms with Crippen molar-refractivity contribution < 1.29 is 9.21 Å². The predicted octanol–water partition coefficient (Wildman–Crippen LogP) is 5.85. The zero-order valence-corrected chi connectivity index (χ0v) is 20.7. The number of furan rings is 1. The van der Waals surface area contributed by atoms with Crippen molar-refractivity contribution in [3.8, 4) is 22.5 Å². The maximum absolute atomic E-state index is 12.4. The molecule has 4 aromatic carbocycles. The number of nitrogens with two attached hydrogens (primary N) is 1. The first kappa shape index (κ1) is 24.1. The molecule has 1 fully saturated rings. The van der Waals surface area contributed by atoms with Crippen LogP contribution in [-0.4, -0.2) is 37.0 Å². The summed E-state index contributed by atoms with van der Waals surface area (Å²) in [6.07, 6.45) is 0. The Labute approximate surface area is 216 Å². The van der Waals surface area contributed by atoms with Crippen molar-refractivity contribution in [3.63, 3.8) is 0 Å². The van der Waals surface area contributed by atoms with Crippen molar-refractivity contribution in [1.82, 2.24) is 10.2 Å². The monoisotopic (exact) mass is 497 g/mol. The van der Waals surface area contributed by atoms with Gasteiger partial charge in [0.25, 0.3) is 0 Å². The number of hydrogen-bond donors (Lipinski definition) is 2. The van der Waals surface area contributed by atoms with Crippen LogP contribution in [0.25, 0.3) is 44.2 Å². The molecule has 1 saturated heterocycles. The average Bonchev–Trinajstić information content (AvgIpc) is 3.32. The summed E-state index contributed by atoms with van der Waals surface area (Å²) in [5.74, 6) is 0.334. The molecule has 6 rings (SSSR count). The molecule has 36 heavy (non-hydrogen) atoms. The van der Waals surface area contributed by atoms with Gasteiger partial charge in [0.05, 0.1) is 0 Å². The first-order valence-electron chi connectivity index (χ1n) is 12.0. The number of fused-ring (bicyclic) bond motifs is 2. The largest absolute Gasteiger partial charge is 0.456 e. The molecule has 1 aromatic heterocycles. The predicted molar refractivity (Wildman–Crippen MR) is 149 cm³/mol. The number of carbonyl (C=O) groups is 1. The maximum Gasteiger partial charge on any atom is 0.249 e. The van der Waals surface area contributed by atoms with Gasteiger partial charge in [-0.3, -0.25) is 9.69 Å². The van der Waals surface area contributed by atoms with Gasteiger partial charge in [-0.25, -0.2) is 0 Å². The number of piperazine rings is 1. The summed E-state index contributed by atoms with van der Waals surface area (Å²) in [7, 11) is 0. The van der Waals surface area contributed by atoms with Crippen LogP contribution in [0.3, 0.4) is 0 Å². The van der Waals surface area contributed by atoms with Gasteiger partial charge in [-0.1, -0.05) is 66.7 Å². The molecule has 0 radical (unpaired) electrons. The molecule has 1 amide bonds. The molecule has 0 bridgehead atoms. The highest BCUT2D eigenvalue weighted by Gasteiger charge is 2.19. The Morgan fingerprint density at radius 3 is 2.39 bits per heavy atom. The zero-order chi connectivity index (χ0) is 23.8. The van der Waals surface area contributed by atoms with E-state index in [-0.39, 0.29) is 12.4 Å². The second-order valence-corrected chi connectivity index (χ2v) is 9.13. The fourth-order valence-corrected chi connectivity index (χ4v) is 5.12. The van der Waals surface area contributed by atoms with Crippen molar-refractivity contribution in [2.45, 2.75) is 6.54 Å². The molecule has 0 saturated carbocycles. The highest BCUT2D eigenvalue weighted by atomic mass is 35.5. The van der Waals surface area contributed by atoms with Crippen molar-refractivity contribution in [2.75, 3.05) is 26.2 Å². The highest BCUT2D eigenvalue weighted by molar-refractivity contribution is 6.11. The van der Waals surface area contributed by atoms with Crippen molar-refractivity contribution >= 4 is 40.1 Å². The standard InChI is InChI=1S/C30H27N3O2.ClH/c31-30(34)26-12-11-21-5-1-2-6-23(21)29(26)25-8-4-3-7-24(25)28-18-22-10-9-20(17-27(22)35-28)19-33-15-13-32-14-16-33;/h1-12,17-18,32H,13-16,19H2,(H2,31,34);1H. The van der Waals surface area contributed by atoms with Crippen LogP contribution in [0, 0.1) is 0 Å². The third-order valence-corrected chi connectivity index (χ3v) is 6.86. The Morgan fingerprint density at radius 2 is 1.58 bits per heavy atom. The number of hydrogen-bond acceptors (Lipinski definition) is 4. The van der Waals surface area contributed by atoms with Crippen LogP contribution in [0.15, 0.2) is 89.3 Å². The van der Waals surface area contributed by atoms with Gasteiger partial charge in [0.15, 0.2) is 0 Å². The fraction of sp³-hybridized carbons (Fsp3) is 0.167. The minimum Gasteiger partial charge on any atom is -0.456 e. The van der Waals surface area contributed by atoms with E-state index < -0.39 is 5.91 Å². The van der Waals surface area contributed by atoms with E-state index in [9.17, 15) is 4.79 Å². The van der Waals surface area contributed by atoms with Crippen LogP contribution in [0.2, 0.25) is 0 Å². The van der Waals surface area contributed by atoms with Gasteiger partial charge in [-0.2, -0.15) is 0 Å². The van der Waals surface area contributed by atoms with E-state index in [1.165, 1.54) is 5.56 Å². The van der Waals surface area contributed by atoms with Crippen LogP contribution >= 0.6 is 12.4 Å². The summed E-state index contributed by atoms with van der Waals surface area (Å²) in [4.78, 5) is 14.9. The third kappa shape index (κ3) is 4.49. The normalized spacial score (nSPS) is 14.1. The smallest absolute Gasteiger partial charge is 0.249 e. The van der Waals surface area contributed by atoms with Crippen molar-refractivity contribution in [1.29, 1.82) is 0 Å². The van der Waals surface area contributed by atoms with E-state index in [2.05, 4.69) is 34.5 Å². The molecule has 1 aliphatic heterocycles. The van der Waals surface area contributed by atoms with E-state index in [0.717, 1.165) is 76.9 Å². The van der Waals surface area contributed by atoms with E-state index in [4.69, 9.17) is 10.2 Å². The molecular weight excluding hydrogens is 470 g/mol. The molecule has 0 aliphatic carbocycles. The topological polar surface area (TPSA) is 71.5 Å². The van der Waals surface area contributed by atoms with Crippen molar-refractivity contribution in [2.24, 2.45) is 5.73 Å². The maximum atomic E-state index is 12.4. The summed E-state index contributed by atoms with van der Waals surface area (Å²) in [6.45, 7) is 5.10. The Kier molecular flexibility index (Phi) is 6.79. The van der Waals surface area contributed by atoms with Crippen LogP contribution in [-0.2, 0) is 6.54 Å². The molecule has 3 N–H and O–H groups in total. The highest BCUT2D eigenvalue weighted by Crippen LogP contribution is 2.40. The molecule has 0 atom stereocenters. The summed E-state index contributed by atoms with van der Waals surface area (Å²) >= 11 is 0. The first-order valence-corrected chi connectivity index (χ1v) is 12.0. The molecule has 182 valence electrons. The Balaban J connectivity index is 0.00000267. The summed E-state index contributed by atoms with van der Waals surface area (Å²) in [5.41, 5.74) is 11.1. The number of halogens is 1. The van der Waals surface area contributed by atoms with Gasteiger partial charge < -0.3 is 15.5 Å². The van der Waals surface area contributed by atoms with Crippen LogP contribution < -0.4 is 11.1 Å². The molecule has 0 unspecified atom stereocenters. The minimum absolute atomic E-state index is 0. The van der Waals surface area contributed by atoms with Crippen LogP contribution in [0.5, 0.6) is 0 Å². The van der Waals surface area contributed by atoms with Gasteiger partial charge in [0, 0.05) is 54.8 Å². The fourth-order valence-electron chi connectivity index (χ4n) is 5.12. The average molecular weight is 498 g/mol. The molecule has 5 nitrogen and oxygen atoms in total. The van der Waals surface area contributed by atoms with E-state index in [1.54, 1.807) is 0 Å². The number of amides is 1. The summed E-state index contributed by atoms with van der Waals surface area (Å²) < 4.78 is 6.41. The van der Waals surface area contributed by atoms with E-state index >= 15 is 0 Å². The van der Waals surface area contributed by atoms with Gasteiger partial charge in [-0.15, -0.1) is 12.4 Å². The van der Waals surface area contributed by atoms with Crippen LogP contribution in [0.4, 0.5) is 0 Å². The first-order chi connectivity index (χ1) is 17.2. The van der Waals surface area contributed by atoms with Crippen LogP contribution in [0.1, 0.15) is 15.9 Å². The minimum atomic E-state index is -0.442. The van der Waals surface area contributed by atoms with Gasteiger partial charge in [-0.05, 0) is 40.1 Å². The number of benzene rings is 4. The number of primary amides is 1. The number of rotatable bonds is 5. The summed E-state index contributed by atoms with van der Waals surface area (Å²) in [6, 6.07) is 28.4. The lowest BCUT2D eigenvalue weighted by molar-refractivity contribution is 0.100. The quantitative estimate of drug-likeness (QED) is 0.319. The second-order valence-electron chi connectivity index (χ2n) is 9.13. The lowest BCUT2D eigenvalue weighted by atomic mass is 9.89. The summed E-state index contributed by atoms with van der Waals surface area (Å²) in [5, 5.41) is 6.52. The Hall–Kier alpha value is -3.64. The molecule has 1 aliphatic rings. The zero-order valence-electron chi connectivity index (χ0n) is 19.9. The Morgan fingerprint density at radius 1 is 0.861 bits per heavy atom. The van der Waals surface area contributed by atoms with Crippen molar-refractivity contribution in [3.05, 3.63) is 96.1 Å². The molecule has 5 aromatic rings. The molecular formula is C30H28ClN3O2. The van der Waals surface area contributed by atoms with Gasteiger partial charge in [0.1, 0.15) is 11.3 Å². The third-order valence-electron chi connectivity index (χ3n) is 6.86. The lowest BCUT2D eigenvalue weighted by Gasteiger charge is -2.27. The number of nitrogens with one attached hydrogen (secondary N) is 1. The molecule has 0 spiro atoms. The number of carbonyl (C=O) groups excluding carboxylic acids is 1. The SMILES string of the molecule is Cl.NC(=O)c1ccc2ccccc2c1-c1ccccc1-c1cc2ccc(CN3CCNCC3)cc2o1. The number of nitrogens with zero attached hydrogens (tertiary/aromatic N) is 1. The van der Waals surface area contributed by atoms with E-state index in [1.807, 2.05) is 60.7 Å². The van der Waals surface area contributed by atoms with Gasteiger partial charge in [0.2, 0.25) is 5.91 Å². The molecule has 2 heterocycles. The lowest BCUT2D eigenvalue weighted by Crippen LogP contribution is -2.42. The second kappa shape index (κ2) is 10.2. The molecule has 6 heteroatoms. The Bertz CT molecular complexity index is 1550. The van der Waals surface area contributed by atoms with Gasteiger partial charge >= 0.3 is 0 Å². The van der Waals surface area contributed by atoms with E-state index in [0.29, 0.717) is 5.56 Å².